The monoisotopic (exact) mass is 477 g/mol. The molecule has 0 saturated heterocycles. The van der Waals surface area contributed by atoms with Crippen molar-refractivity contribution in [3.63, 3.8) is 0 Å². The van der Waals surface area contributed by atoms with Gasteiger partial charge in [0.05, 0.1) is 5.56 Å². The highest BCUT2D eigenvalue weighted by atomic mass is 19.4. The molecule has 2 aromatic heterocycles. The van der Waals surface area contributed by atoms with Gasteiger partial charge in [-0.15, -0.1) is 4.39 Å². The summed E-state index contributed by atoms with van der Waals surface area (Å²) < 4.78 is 84.5. The van der Waals surface area contributed by atoms with Crippen LogP contribution in [0, 0.1) is 0 Å². The van der Waals surface area contributed by atoms with Crippen LogP contribution in [0.3, 0.4) is 0 Å². The van der Waals surface area contributed by atoms with Crippen molar-refractivity contribution in [3.8, 4) is 11.3 Å². The van der Waals surface area contributed by atoms with Gasteiger partial charge in [0.1, 0.15) is 11.3 Å². The van der Waals surface area contributed by atoms with E-state index >= 15 is 0 Å². The fourth-order valence-corrected chi connectivity index (χ4v) is 3.37. The van der Waals surface area contributed by atoms with E-state index in [4.69, 9.17) is 0 Å². The van der Waals surface area contributed by atoms with Gasteiger partial charge in [0.25, 0.3) is 0 Å². The molecule has 0 amide bonds. The molecule has 0 aliphatic carbocycles. The first kappa shape index (κ1) is 23.0. The third-order valence-corrected chi connectivity index (χ3v) is 4.77. The molecule has 0 saturated carbocycles. The zero-order valence-corrected chi connectivity index (χ0v) is 16.9. The molecular formula is C23H13F6N3O2. The number of carbonyl (C=O) groups is 1. The Labute approximate surface area is 188 Å². The number of aromatic nitrogens is 2. The van der Waals surface area contributed by atoms with E-state index in [0.717, 1.165) is 22.6 Å². The summed E-state index contributed by atoms with van der Waals surface area (Å²) in [6, 6.07) is 15.2. The van der Waals surface area contributed by atoms with Crippen LogP contribution in [0.2, 0.25) is 0 Å². The predicted molar refractivity (Wildman–Crippen MR) is 111 cm³/mol. The van der Waals surface area contributed by atoms with Crippen molar-refractivity contribution in [2.75, 3.05) is 0 Å². The van der Waals surface area contributed by atoms with Gasteiger partial charge in [-0.05, 0) is 18.2 Å². The van der Waals surface area contributed by atoms with Crippen LogP contribution in [0.5, 0.6) is 0 Å². The maximum Gasteiger partial charge on any atom is 0.417 e. The standard InChI is InChI=1S/C23H13F6N3O2/c24-21(25)34-22(26)31-20-18(15-8-4-5-9-16(15)23(27,28)29)32-12-14(10-11-17(32)30-20)19(33)13-6-2-1-3-7-13/h1-12,21H/b31-22-. The molecule has 174 valence electrons. The quantitative estimate of drug-likeness (QED) is 0.144. The van der Waals surface area contributed by atoms with Crippen LogP contribution < -0.4 is 0 Å². The predicted octanol–water partition coefficient (Wildman–Crippen LogP) is 6.45. The Kier molecular flexibility index (Phi) is 6.10. The molecule has 11 heteroatoms. The highest BCUT2D eigenvalue weighted by Gasteiger charge is 2.35. The topological polar surface area (TPSA) is 56.0 Å². The molecule has 0 aliphatic rings. The second-order valence-electron chi connectivity index (χ2n) is 6.91. The van der Waals surface area contributed by atoms with E-state index in [-0.39, 0.29) is 16.9 Å². The van der Waals surface area contributed by atoms with Crippen LogP contribution in [0.15, 0.2) is 77.9 Å². The van der Waals surface area contributed by atoms with Crippen LogP contribution in [0.4, 0.5) is 32.2 Å². The van der Waals surface area contributed by atoms with Crippen LogP contribution in [-0.2, 0) is 10.9 Å². The van der Waals surface area contributed by atoms with E-state index in [1.807, 2.05) is 0 Å². The van der Waals surface area contributed by atoms with E-state index < -0.39 is 41.7 Å². The number of hydrogen-bond donors (Lipinski definition) is 0. The summed E-state index contributed by atoms with van der Waals surface area (Å²) in [6.07, 6.45) is -5.56. The molecule has 0 radical (unpaired) electrons. The van der Waals surface area contributed by atoms with Crippen molar-refractivity contribution in [2.45, 2.75) is 12.8 Å². The third-order valence-electron chi connectivity index (χ3n) is 4.77. The molecule has 2 aromatic carbocycles. The smallest absolute Gasteiger partial charge is 0.393 e. The first-order valence-corrected chi connectivity index (χ1v) is 9.62. The number of alkyl halides is 5. The summed E-state index contributed by atoms with van der Waals surface area (Å²) in [4.78, 5) is 20.1. The zero-order valence-electron chi connectivity index (χ0n) is 16.9. The van der Waals surface area contributed by atoms with Crippen molar-refractivity contribution < 1.29 is 35.9 Å². The van der Waals surface area contributed by atoms with Gasteiger partial charge in [-0.1, -0.05) is 48.5 Å². The number of carbonyl (C=O) groups excluding carboxylic acids is 1. The van der Waals surface area contributed by atoms with Crippen molar-refractivity contribution in [1.29, 1.82) is 0 Å². The van der Waals surface area contributed by atoms with Gasteiger partial charge in [0.15, 0.2) is 11.6 Å². The molecule has 0 aliphatic heterocycles. The lowest BCUT2D eigenvalue weighted by atomic mass is 10.0. The normalized spacial score (nSPS) is 12.4. The van der Waals surface area contributed by atoms with Gasteiger partial charge < -0.3 is 4.74 Å². The molecule has 2 heterocycles. The minimum absolute atomic E-state index is 0.000172. The highest BCUT2D eigenvalue weighted by Crippen LogP contribution is 2.41. The van der Waals surface area contributed by atoms with E-state index in [2.05, 4.69) is 14.7 Å². The lowest BCUT2D eigenvalue weighted by molar-refractivity contribution is -0.137. The molecule has 34 heavy (non-hydrogen) atoms. The number of halogens is 6. The Bertz CT molecular complexity index is 1380. The molecule has 4 aromatic rings. The number of aliphatic imine (C=N–C) groups is 1. The molecule has 0 N–H and O–H groups in total. The number of nitrogens with zero attached hydrogens (tertiary/aromatic N) is 3. The number of rotatable bonds is 5. The number of ketones is 1. The van der Waals surface area contributed by atoms with E-state index in [9.17, 15) is 31.1 Å². The average molecular weight is 477 g/mol. The second kappa shape index (κ2) is 9.00. The fraction of sp³-hybridized carbons (Fsp3) is 0.0870. The molecular weight excluding hydrogens is 464 g/mol. The number of hydrogen-bond acceptors (Lipinski definition) is 4. The van der Waals surface area contributed by atoms with Crippen molar-refractivity contribution >= 4 is 23.4 Å². The van der Waals surface area contributed by atoms with Crippen LogP contribution in [0.1, 0.15) is 21.5 Å². The molecule has 0 spiro atoms. The van der Waals surface area contributed by atoms with E-state index in [0.29, 0.717) is 5.56 Å². The number of benzene rings is 2. The van der Waals surface area contributed by atoms with E-state index in [1.165, 1.54) is 24.4 Å². The molecule has 0 bridgehead atoms. The summed E-state index contributed by atoms with van der Waals surface area (Å²) in [6.45, 7) is -3.54. The maximum absolute atomic E-state index is 13.8. The number of imidazole rings is 1. The molecule has 0 atom stereocenters. The number of fused-ring (bicyclic) bond motifs is 1. The van der Waals surface area contributed by atoms with Gasteiger partial charge in [-0.25, -0.2) is 4.98 Å². The summed E-state index contributed by atoms with van der Waals surface area (Å²) >= 11 is 0. The Hall–Kier alpha value is -4.15. The second-order valence-corrected chi connectivity index (χ2v) is 6.91. The fourth-order valence-electron chi connectivity index (χ4n) is 3.37. The Morgan fingerprint density at radius 2 is 1.62 bits per heavy atom. The molecule has 5 nitrogen and oxygen atoms in total. The highest BCUT2D eigenvalue weighted by molar-refractivity contribution is 6.09. The average Bonchev–Trinajstić information content (AvgIpc) is 3.14. The summed E-state index contributed by atoms with van der Waals surface area (Å²) in [5, 5.41) is 0. The molecule has 0 unspecified atom stereocenters. The van der Waals surface area contributed by atoms with Gasteiger partial charge in [0.2, 0.25) is 0 Å². The molecule has 4 rings (SSSR count). The minimum atomic E-state index is -4.81. The minimum Gasteiger partial charge on any atom is -0.393 e. The van der Waals surface area contributed by atoms with Crippen molar-refractivity contribution in [2.24, 2.45) is 4.99 Å². The SMILES string of the molecule is O=C(c1ccccc1)c1ccc2nc(/N=C(/F)OC(F)F)c(-c3ccccc3C(F)(F)F)n2c1. The van der Waals surface area contributed by atoms with Gasteiger partial charge in [-0.2, -0.15) is 26.9 Å². The van der Waals surface area contributed by atoms with Crippen LogP contribution in [0.25, 0.3) is 16.9 Å². The van der Waals surface area contributed by atoms with Crippen molar-refractivity contribution in [1.82, 2.24) is 9.38 Å². The Balaban J connectivity index is 1.97. The number of pyridine rings is 1. The molecule has 0 fully saturated rings. The zero-order chi connectivity index (χ0) is 24.5. The van der Waals surface area contributed by atoms with Gasteiger partial charge in [0, 0.05) is 22.9 Å². The summed E-state index contributed by atoms with van der Waals surface area (Å²) in [5.41, 5.74) is -1.48. The summed E-state index contributed by atoms with van der Waals surface area (Å²) in [7, 11) is 0. The first-order valence-electron chi connectivity index (χ1n) is 9.62. The lowest BCUT2D eigenvalue weighted by Gasteiger charge is -2.13. The Morgan fingerprint density at radius 3 is 2.29 bits per heavy atom. The Morgan fingerprint density at radius 1 is 0.941 bits per heavy atom. The van der Waals surface area contributed by atoms with E-state index in [1.54, 1.807) is 30.3 Å². The van der Waals surface area contributed by atoms with Gasteiger partial charge in [-0.3, -0.25) is 9.20 Å². The number of ether oxygens (including phenoxy) is 1. The van der Waals surface area contributed by atoms with Crippen LogP contribution in [-0.4, -0.2) is 27.9 Å². The maximum atomic E-state index is 13.8. The lowest BCUT2D eigenvalue weighted by Crippen LogP contribution is -2.08. The summed E-state index contributed by atoms with van der Waals surface area (Å²) in [5.74, 6) is -1.07. The third kappa shape index (κ3) is 4.63. The van der Waals surface area contributed by atoms with Crippen molar-refractivity contribution in [3.05, 3.63) is 89.6 Å². The first-order chi connectivity index (χ1) is 16.1. The van der Waals surface area contributed by atoms with Gasteiger partial charge >= 0.3 is 18.9 Å². The van der Waals surface area contributed by atoms with Crippen LogP contribution >= 0.6 is 0 Å². The largest absolute Gasteiger partial charge is 0.417 e.